The maximum Gasteiger partial charge on any atom is 0.311 e. The van der Waals surface area contributed by atoms with Gasteiger partial charge in [-0.05, 0) is 187 Å². The number of hydrogen-bond acceptors (Lipinski definition) is 7. The summed E-state index contributed by atoms with van der Waals surface area (Å²) >= 11 is 0. The fourth-order valence-electron chi connectivity index (χ4n) is 6.90. The topological polar surface area (TPSA) is 64.6 Å². The first-order valence-corrected chi connectivity index (χ1v) is 51.5. The minimum Gasteiger partial charge on any atom is -0.456 e. The second-order valence-electron chi connectivity index (χ2n) is 20.1. The van der Waals surface area contributed by atoms with Crippen molar-refractivity contribution < 1.29 is 28.8 Å². The standard InChI is InChI=1S/C29H82O7Si11/c1-37(2)30-45(18,19)32-40(8,9)26-27-42(12,13)34-47(22,23)36-44(16,17)29-28-43(14,15)35-46(20,21)33-41(10,11)25-24-39(6,7)31-38(3,4)5/h37H,24-29H2,1-23H3. The van der Waals surface area contributed by atoms with Crippen molar-refractivity contribution in [2.45, 2.75) is 187 Å². The second kappa shape index (κ2) is 17.5. The van der Waals surface area contributed by atoms with Crippen LogP contribution in [0, 0.1) is 0 Å². The highest BCUT2D eigenvalue weighted by atomic mass is 28.5. The van der Waals surface area contributed by atoms with Crippen molar-refractivity contribution in [3.63, 3.8) is 0 Å². The van der Waals surface area contributed by atoms with Gasteiger partial charge in [0.1, 0.15) is 0 Å². The van der Waals surface area contributed by atoms with Crippen molar-refractivity contribution >= 4 is 92.9 Å². The third kappa shape index (κ3) is 24.9. The van der Waals surface area contributed by atoms with Crippen LogP contribution in [0.15, 0.2) is 0 Å². The molecule has 0 bridgehead atoms. The zero-order valence-corrected chi connectivity index (χ0v) is 46.8. The first kappa shape index (κ1) is 49.1. The summed E-state index contributed by atoms with van der Waals surface area (Å²) in [5, 5.41) is 0. The van der Waals surface area contributed by atoms with Crippen LogP contribution in [-0.4, -0.2) is 92.9 Å². The maximum absolute atomic E-state index is 7.03. The van der Waals surface area contributed by atoms with Crippen LogP contribution in [0.1, 0.15) is 0 Å². The molecule has 0 aliphatic heterocycles. The Kier molecular flexibility index (Phi) is 18.3. The Morgan fingerprint density at radius 1 is 0.298 bits per heavy atom. The lowest BCUT2D eigenvalue weighted by molar-refractivity contribution is 0.381. The lowest BCUT2D eigenvalue weighted by Crippen LogP contribution is -2.55. The van der Waals surface area contributed by atoms with E-state index in [9.17, 15) is 0 Å². The van der Waals surface area contributed by atoms with Gasteiger partial charge in [0.2, 0.25) is 0 Å². The van der Waals surface area contributed by atoms with E-state index in [4.69, 9.17) is 28.8 Å². The lowest BCUT2D eigenvalue weighted by Gasteiger charge is -2.42. The molecule has 0 saturated heterocycles. The van der Waals surface area contributed by atoms with Crippen LogP contribution in [-0.2, 0) is 28.8 Å². The van der Waals surface area contributed by atoms with Crippen LogP contribution < -0.4 is 0 Å². The summed E-state index contributed by atoms with van der Waals surface area (Å²) in [7, 11) is -20.6. The normalized spacial score (nSPS) is 15.6. The van der Waals surface area contributed by atoms with Crippen molar-refractivity contribution in [1.82, 2.24) is 0 Å². The molecule has 0 atom stereocenters. The van der Waals surface area contributed by atoms with Crippen LogP contribution in [0.4, 0.5) is 0 Å². The van der Waals surface area contributed by atoms with Gasteiger partial charge in [-0.2, -0.15) is 0 Å². The van der Waals surface area contributed by atoms with E-state index in [-0.39, 0.29) is 0 Å². The quantitative estimate of drug-likeness (QED) is 0.0949. The average Bonchev–Trinajstić information content (AvgIpc) is 2.69. The first-order chi connectivity index (χ1) is 20.3. The predicted molar refractivity (Wildman–Crippen MR) is 236 cm³/mol. The third-order valence-corrected chi connectivity index (χ3v) is 47.6. The van der Waals surface area contributed by atoms with E-state index >= 15 is 0 Å². The van der Waals surface area contributed by atoms with Gasteiger partial charge in [0.05, 0.1) is 0 Å². The molecule has 0 spiro atoms. The number of rotatable bonds is 23. The predicted octanol–water partition coefficient (Wildman–Crippen LogP) is 11.3. The summed E-state index contributed by atoms with van der Waals surface area (Å²) in [6.07, 6.45) is 0. The van der Waals surface area contributed by atoms with Gasteiger partial charge in [0, 0.05) is 0 Å². The lowest BCUT2D eigenvalue weighted by atomic mass is 10.9. The molecule has 0 rings (SSSR count). The molecule has 0 aromatic carbocycles. The minimum absolute atomic E-state index is 1.10. The summed E-state index contributed by atoms with van der Waals surface area (Å²) in [4.78, 5) is 0. The molecule has 0 aliphatic carbocycles. The summed E-state index contributed by atoms with van der Waals surface area (Å²) in [5.74, 6) is 0. The zero-order valence-electron chi connectivity index (χ0n) is 35.7. The van der Waals surface area contributed by atoms with E-state index in [1.54, 1.807) is 0 Å². The van der Waals surface area contributed by atoms with Crippen molar-refractivity contribution in [2.75, 3.05) is 0 Å². The zero-order chi connectivity index (χ0) is 37.8. The van der Waals surface area contributed by atoms with Gasteiger partial charge in [0.25, 0.3) is 0 Å². The molecule has 0 aliphatic rings. The molecule has 0 N–H and O–H groups in total. The molecular formula is C29H82O7Si11. The fraction of sp³-hybridized carbons (Fsp3) is 1.00. The molecule has 0 fully saturated rings. The number of hydrogen-bond donors (Lipinski definition) is 0. The molecule has 47 heavy (non-hydrogen) atoms. The third-order valence-electron chi connectivity index (χ3n) is 7.70. The second-order valence-corrected chi connectivity index (χ2v) is 64.8. The summed E-state index contributed by atoms with van der Waals surface area (Å²) in [6.45, 7) is 53.3. The minimum atomic E-state index is -2.31. The van der Waals surface area contributed by atoms with Crippen LogP contribution in [0.25, 0.3) is 0 Å². The van der Waals surface area contributed by atoms with Crippen molar-refractivity contribution in [1.29, 1.82) is 0 Å². The van der Waals surface area contributed by atoms with Gasteiger partial charge in [0.15, 0.2) is 67.3 Å². The maximum atomic E-state index is 7.03. The Bertz CT molecular complexity index is 965. The molecule has 0 unspecified atom stereocenters. The van der Waals surface area contributed by atoms with Crippen molar-refractivity contribution in [2.24, 2.45) is 0 Å². The highest BCUT2D eigenvalue weighted by Crippen LogP contribution is 2.33. The monoisotopic (exact) mass is 850 g/mol. The molecular weight excluding hydrogens is 769 g/mol. The van der Waals surface area contributed by atoms with E-state index in [1.807, 2.05) is 0 Å². The SMILES string of the molecule is C[SiH](C)O[Si](C)(C)O[Si](C)(C)CC[Si](C)(C)O[Si](C)(C)O[Si](C)(C)CC[Si](C)(C)O[Si](C)(C)O[Si](C)(C)CC[Si](C)(C)O[Si](C)(C)C. The fourth-order valence-corrected chi connectivity index (χ4v) is 63.3. The Labute approximate surface area is 306 Å². The van der Waals surface area contributed by atoms with Gasteiger partial charge in [-0.25, -0.2) is 0 Å². The average molecular weight is 852 g/mol. The van der Waals surface area contributed by atoms with E-state index in [2.05, 4.69) is 151 Å². The van der Waals surface area contributed by atoms with Crippen LogP contribution in [0.5, 0.6) is 0 Å². The van der Waals surface area contributed by atoms with Gasteiger partial charge < -0.3 is 28.8 Å². The molecule has 0 heterocycles. The molecule has 0 aromatic heterocycles. The molecule has 0 amide bonds. The van der Waals surface area contributed by atoms with Crippen LogP contribution in [0.2, 0.25) is 187 Å². The van der Waals surface area contributed by atoms with Crippen molar-refractivity contribution in [3.8, 4) is 0 Å². The highest BCUT2D eigenvalue weighted by Gasteiger charge is 2.45. The van der Waals surface area contributed by atoms with Gasteiger partial charge in [-0.15, -0.1) is 0 Å². The summed E-state index contributed by atoms with van der Waals surface area (Å²) in [5.41, 5.74) is 0. The molecule has 0 saturated carbocycles. The molecule has 284 valence electrons. The van der Waals surface area contributed by atoms with Gasteiger partial charge >= 0.3 is 25.7 Å². The van der Waals surface area contributed by atoms with Crippen molar-refractivity contribution in [3.05, 3.63) is 0 Å². The molecule has 0 radical (unpaired) electrons. The largest absolute Gasteiger partial charge is 0.456 e. The highest BCUT2D eigenvalue weighted by molar-refractivity contribution is 6.91. The summed E-state index contributed by atoms with van der Waals surface area (Å²) in [6, 6.07) is 6.73. The Morgan fingerprint density at radius 3 is 0.681 bits per heavy atom. The van der Waals surface area contributed by atoms with E-state index < -0.39 is 92.9 Å². The molecule has 0 aromatic rings. The Balaban J connectivity index is 5.19. The van der Waals surface area contributed by atoms with E-state index in [0.29, 0.717) is 0 Å². The van der Waals surface area contributed by atoms with Gasteiger partial charge in [-0.1, -0.05) is 0 Å². The van der Waals surface area contributed by atoms with Gasteiger partial charge in [-0.3, -0.25) is 0 Å². The first-order valence-electron chi connectivity index (χ1n) is 18.2. The Hall–Kier alpha value is 2.11. The van der Waals surface area contributed by atoms with Crippen LogP contribution >= 0.6 is 0 Å². The Morgan fingerprint density at radius 2 is 0.489 bits per heavy atom. The smallest absolute Gasteiger partial charge is 0.311 e. The van der Waals surface area contributed by atoms with E-state index in [0.717, 1.165) is 30.2 Å². The van der Waals surface area contributed by atoms with E-state index in [1.165, 1.54) is 6.04 Å². The molecule has 18 heteroatoms. The summed E-state index contributed by atoms with van der Waals surface area (Å²) < 4.78 is 47.7. The molecule has 7 nitrogen and oxygen atoms in total. The van der Waals surface area contributed by atoms with Crippen LogP contribution in [0.3, 0.4) is 0 Å².